The second kappa shape index (κ2) is 11.2. The molecule has 1 aromatic heterocycles. The molecule has 1 heterocycles. The Morgan fingerprint density at radius 3 is 2.52 bits per heavy atom. The second-order valence-electron chi connectivity index (χ2n) is 7.93. The van der Waals surface area contributed by atoms with E-state index in [9.17, 15) is 9.59 Å². The maximum absolute atomic E-state index is 12.6. The van der Waals surface area contributed by atoms with Gasteiger partial charge in [-0.1, -0.05) is 19.8 Å². The molecule has 0 spiro atoms. The van der Waals surface area contributed by atoms with Crippen LogP contribution in [0.5, 0.6) is 0 Å². The van der Waals surface area contributed by atoms with Crippen LogP contribution in [0.3, 0.4) is 0 Å². The van der Waals surface area contributed by atoms with Crippen LogP contribution in [-0.4, -0.2) is 53.9 Å². The largest absolute Gasteiger partial charge is 0.461 e. The number of aromatic nitrogens is 1. The first kappa shape index (κ1) is 24.9. The highest BCUT2D eigenvalue weighted by Crippen LogP contribution is 2.30. The first-order valence-electron chi connectivity index (χ1n) is 9.63. The molecular formula is C21H32N2O5S. The van der Waals surface area contributed by atoms with E-state index in [-0.39, 0.29) is 30.9 Å². The van der Waals surface area contributed by atoms with Gasteiger partial charge in [0.05, 0.1) is 6.61 Å². The van der Waals surface area contributed by atoms with E-state index in [1.54, 1.807) is 24.3 Å². The monoisotopic (exact) mass is 424 g/mol. The lowest BCUT2D eigenvalue weighted by Gasteiger charge is -2.34. The predicted molar refractivity (Wildman–Crippen MR) is 113 cm³/mol. The van der Waals surface area contributed by atoms with Gasteiger partial charge in [0, 0.05) is 24.9 Å². The van der Waals surface area contributed by atoms with Gasteiger partial charge < -0.3 is 19.1 Å². The van der Waals surface area contributed by atoms with E-state index < -0.39 is 23.8 Å². The summed E-state index contributed by atoms with van der Waals surface area (Å²) >= 11 is 1.31. The van der Waals surface area contributed by atoms with Crippen LogP contribution in [0.4, 0.5) is 4.79 Å². The zero-order valence-corrected chi connectivity index (χ0v) is 19.2. The molecule has 0 fully saturated rings. The third kappa shape index (κ3) is 8.03. The lowest BCUT2D eigenvalue weighted by atomic mass is 9.96. The summed E-state index contributed by atoms with van der Waals surface area (Å²) in [4.78, 5) is 30.5. The lowest BCUT2D eigenvalue weighted by Crippen LogP contribution is -2.44. The van der Waals surface area contributed by atoms with Gasteiger partial charge in [-0.05, 0) is 33.6 Å². The Hall–Kier alpha value is -2.11. The number of terminal acetylenes is 1. The maximum atomic E-state index is 12.6. The fraction of sp³-hybridized carbons (Fsp3) is 0.667. The maximum Gasteiger partial charge on any atom is 0.410 e. The van der Waals surface area contributed by atoms with Crippen molar-refractivity contribution in [3.8, 4) is 12.3 Å². The van der Waals surface area contributed by atoms with E-state index in [1.165, 1.54) is 11.3 Å². The number of carbonyl (C=O) groups excluding carboxylic acids is 2. The predicted octanol–water partition coefficient (Wildman–Crippen LogP) is 4.29. The van der Waals surface area contributed by atoms with Crippen LogP contribution in [0.25, 0.3) is 0 Å². The number of amides is 1. The van der Waals surface area contributed by atoms with Gasteiger partial charge in [-0.15, -0.1) is 17.8 Å². The topological polar surface area (TPSA) is 78.0 Å². The quantitative estimate of drug-likeness (QED) is 0.435. The van der Waals surface area contributed by atoms with Gasteiger partial charge in [-0.25, -0.2) is 14.6 Å². The summed E-state index contributed by atoms with van der Waals surface area (Å²) in [6.45, 7) is 11.6. The molecule has 1 rings (SSSR count). The molecule has 0 aliphatic heterocycles. The average Bonchev–Trinajstić information content (AvgIpc) is 3.10. The molecule has 0 radical (unpaired) electrons. The van der Waals surface area contributed by atoms with E-state index >= 15 is 0 Å². The van der Waals surface area contributed by atoms with Crippen molar-refractivity contribution < 1.29 is 23.8 Å². The molecule has 2 atom stereocenters. The number of esters is 1. The zero-order chi connectivity index (χ0) is 22.2. The first-order chi connectivity index (χ1) is 13.5. The molecule has 0 aliphatic carbocycles. The summed E-state index contributed by atoms with van der Waals surface area (Å²) in [5.41, 5.74) is -0.349. The van der Waals surface area contributed by atoms with Crippen molar-refractivity contribution in [3.05, 3.63) is 16.1 Å². The van der Waals surface area contributed by atoms with Gasteiger partial charge in [-0.2, -0.15) is 0 Å². The highest BCUT2D eigenvalue weighted by molar-refractivity contribution is 7.09. The fourth-order valence-electron chi connectivity index (χ4n) is 2.69. The molecule has 8 heteroatoms. The number of hydrogen-bond acceptors (Lipinski definition) is 7. The number of ether oxygens (including phenoxy) is 3. The smallest absolute Gasteiger partial charge is 0.410 e. The number of hydrogen-bond donors (Lipinski definition) is 0. The summed E-state index contributed by atoms with van der Waals surface area (Å²) < 4.78 is 16.3. The third-order valence-corrected chi connectivity index (χ3v) is 4.99. The van der Waals surface area contributed by atoms with Gasteiger partial charge in [0.1, 0.15) is 23.3 Å². The van der Waals surface area contributed by atoms with Crippen molar-refractivity contribution >= 4 is 23.4 Å². The van der Waals surface area contributed by atoms with Crippen molar-refractivity contribution in [2.75, 3.05) is 20.3 Å². The number of carbonyl (C=O) groups is 2. The van der Waals surface area contributed by atoms with Gasteiger partial charge in [0.2, 0.25) is 0 Å². The Morgan fingerprint density at radius 1 is 1.34 bits per heavy atom. The molecule has 0 saturated carbocycles. The summed E-state index contributed by atoms with van der Waals surface area (Å²) in [7, 11) is 1.71. The molecule has 7 nitrogen and oxygen atoms in total. The van der Waals surface area contributed by atoms with Crippen LogP contribution >= 0.6 is 11.3 Å². The molecule has 162 valence electrons. The average molecular weight is 425 g/mol. The van der Waals surface area contributed by atoms with E-state index in [4.69, 9.17) is 20.6 Å². The van der Waals surface area contributed by atoms with Crippen LogP contribution < -0.4 is 0 Å². The highest BCUT2D eigenvalue weighted by Gasteiger charge is 2.31. The molecule has 1 amide bonds. The minimum Gasteiger partial charge on any atom is -0.461 e. The minimum atomic E-state index is -0.587. The highest BCUT2D eigenvalue weighted by atomic mass is 32.1. The van der Waals surface area contributed by atoms with Crippen LogP contribution in [0.2, 0.25) is 0 Å². The minimum absolute atomic E-state index is 0.0972. The SMILES string of the molecule is C#CCOC(CC(C(C)C)N(C)C(=O)OC(C)(C)C)c1nc(C(=O)OCC)cs1. The van der Waals surface area contributed by atoms with Crippen molar-refractivity contribution in [3.63, 3.8) is 0 Å². The van der Waals surface area contributed by atoms with Crippen LogP contribution in [-0.2, 0) is 14.2 Å². The third-order valence-electron chi connectivity index (χ3n) is 4.05. The Bertz CT molecular complexity index is 717. The molecule has 1 aromatic rings. The Labute approximate surface area is 177 Å². The van der Waals surface area contributed by atoms with Gasteiger partial charge in [0.25, 0.3) is 0 Å². The van der Waals surface area contributed by atoms with Gasteiger partial charge in [-0.3, -0.25) is 0 Å². The molecule has 0 aliphatic rings. The number of rotatable bonds is 9. The lowest BCUT2D eigenvalue weighted by molar-refractivity contribution is 0.00220. The zero-order valence-electron chi connectivity index (χ0n) is 18.4. The van der Waals surface area contributed by atoms with Crippen LogP contribution in [0, 0.1) is 18.3 Å². The van der Waals surface area contributed by atoms with E-state index in [2.05, 4.69) is 10.9 Å². The van der Waals surface area contributed by atoms with Crippen LogP contribution in [0.15, 0.2) is 5.38 Å². The van der Waals surface area contributed by atoms with Crippen molar-refractivity contribution in [1.29, 1.82) is 0 Å². The summed E-state index contributed by atoms with van der Waals surface area (Å²) in [5, 5.41) is 2.26. The van der Waals surface area contributed by atoms with Crippen molar-refractivity contribution in [2.24, 2.45) is 5.92 Å². The molecule has 0 saturated heterocycles. The summed E-state index contributed by atoms with van der Waals surface area (Å²) in [6.07, 6.45) is 4.96. The molecule has 2 unspecified atom stereocenters. The number of nitrogens with zero attached hydrogens (tertiary/aromatic N) is 2. The standard InChI is InChI=1S/C21H32N2O5S/c1-9-11-27-17(18-22-15(13-29-18)19(24)26-10-2)12-16(14(3)4)23(8)20(25)28-21(5,6)7/h1,13-14,16-17H,10-12H2,2-8H3. The van der Waals surface area contributed by atoms with Gasteiger partial charge >= 0.3 is 12.1 Å². The van der Waals surface area contributed by atoms with E-state index in [0.717, 1.165) is 0 Å². The molecule has 0 N–H and O–H groups in total. The summed E-state index contributed by atoms with van der Waals surface area (Å²) in [5.74, 6) is 2.12. The Kier molecular flexibility index (Phi) is 9.60. The molecule has 0 aromatic carbocycles. The van der Waals surface area contributed by atoms with Crippen LogP contribution in [0.1, 0.15) is 69.6 Å². The molecular weight excluding hydrogens is 392 g/mol. The molecule has 29 heavy (non-hydrogen) atoms. The molecule has 0 bridgehead atoms. The van der Waals surface area contributed by atoms with E-state index in [1.807, 2.05) is 34.6 Å². The van der Waals surface area contributed by atoms with Crippen molar-refractivity contribution in [1.82, 2.24) is 9.88 Å². The van der Waals surface area contributed by atoms with E-state index in [0.29, 0.717) is 11.4 Å². The summed E-state index contributed by atoms with van der Waals surface area (Å²) in [6, 6.07) is -0.178. The number of thiazole rings is 1. The second-order valence-corrected chi connectivity index (χ2v) is 8.82. The van der Waals surface area contributed by atoms with Crippen molar-refractivity contribution in [2.45, 2.75) is 65.7 Å². The fourth-order valence-corrected chi connectivity index (χ4v) is 3.54. The Balaban J connectivity index is 3.05. The van der Waals surface area contributed by atoms with Gasteiger partial charge in [0.15, 0.2) is 5.69 Å². The normalized spacial score (nSPS) is 13.5. The Morgan fingerprint density at radius 2 is 2.00 bits per heavy atom. The first-order valence-corrected chi connectivity index (χ1v) is 10.5.